The number of hydrogen-bond acceptors (Lipinski definition) is 4. The molecule has 0 amide bonds. The van der Waals surface area contributed by atoms with E-state index in [-0.39, 0.29) is 5.97 Å². The summed E-state index contributed by atoms with van der Waals surface area (Å²) in [6.45, 7) is 4.35. The van der Waals surface area contributed by atoms with Crippen molar-refractivity contribution in [3.8, 4) is 17.1 Å². The SMILES string of the molecule is CCCCCCCc1ccc(-c2ncc(OC(=O)CCCCC)cn2)cc1. The first-order valence-corrected chi connectivity index (χ1v) is 10.3. The Morgan fingerprint density at radius 2 is 1.48 bits per heavy atom. The van der Waals surface area contributed by atoms with E-state index in [1.165, 1.54) is 37.7 Å². The van der Waals surface area contributed by atoms with Crippen LogP contribution in [0.4, 0.5) is 0 Å². The Balaban J connectivity index is 1.82. The molecule has 0 aliphatic carbocycles. The van der Waals surface area contributed by atoms with Crippen molar-refractivity contribution in [3.05, 3.63) is 42.2 Å². The minimum atomic E-state index is -0.219. The van der Waals surface area contributed by atoms with Gasteiger partial charge in [-0.25, -0.2) is 9.97 Å². The second-order valence-corrected chi connectivity index (χ2v) is 7.03. The Morgan fingerprint density at radius 1 is 0.852 bits per heavy atom. The second-order valence-electron chi connectivity index (χ2n) is 7.03. The lowest BCUT2D eigenvalue weighted by atomic mass is 10.0. The molecule has 2 rings (SSSR count). The molecular formula is C23H32N2O2. The molecule has 0 aliphatic heterocycles. The number of unbranched alkanes of at least 4 members (excludes halogenated alkanes) is 6. The van der Waals surface area contributed by atoms with Crippen molar-refractivity contribution in [1.29, 1.82) is 0 Å². The Kier molecular flexibility index (Phi) is 9.53. The summed E-state index contributed by atoms with van der Waals surface area (Å²) in [5, 5.41) is 0. The zero-order valence-electron chi connectivity index (χ0n) is 16.7. The summed E-state index contributed by atoms with van der Waals surface area (Å²) in [5.41, 5.74) is 2.33. The normalized spacial score (nSPS) is 10.7. The zero-order chi connectivity index (χ0) is 19.3. The van der Waals surface area contributed by atoms with Gasteiger partial charge in [0.2, 0.25) is 0 Å². The molecule has 1 heterocycles. The molecule has 1 aromatic carbocycles. The fourth-order valence-electron chi connectivity index (χ4n) is 2.97. The van der Waals surface area contributed by atoms with Crippen LogP contribution in [0.5, 0.6) is 5.75 Å². The monoisotopic (exact) mass is 368 g/mol. The quantitative estimate of drug-likeness (QED) is 0.333. The average Bonchev–Trinajstić information content (AvgIpc) is 2.69. The van der Waals surface area contributed by atoms with Crippen molar-refractivity contribution in [2.24, 2.45) is 0 Å². The van der Waals surface area contributed by atoms with Crippen molar-refractivity contribution < 1.29 is 9.53 Å². The van der Waals surface area contributed by atoms with E-state index < -0.39 is 0 Å². The van der Waals surface area contributed by atoms with Gasteiger partial charge in [-0.05, 0) is 24.8 Å². The molecule has 0 saturated carbocycles. The molecular weight excluding hydrogens is 336 g/mol. The minimum absolute atomic E-state index is 0.219. The Bertz CT molecular complexity index is 666. The first-order chi connectivity index (χ1) is 13.2. The number of aryl methyl sites for hydroxylation is 1. The van der Waals surface area contributed by atoms with Gasteiger partial charge < -0.3 is 4.74 Å². The molecule has 2 aromatic rings. The van der Waals surface area contributed by atoms with E-state index in [0.29, 0.717) is 18.0 Å². The van der Waals surface area contributed by atoms with Gasteiger partial charge in [-0.1, -0.05) is 76.6 Å². The summed E-state index contributed by atoms with van der Waals surface area (Å²) in [4.78, 5) is 20.4. The molecule has 0 fully saturated rings. The van der Waals surface area contributed by atoms with Gasteiger partial charge >= 0.3 is 5.97 Å². The zero-order valence-corrected chi connectivity index (χ0v) is 16.7. The number of nitrogens with zero attached hydrogens (tertiary/aromatic N) is 2. The Hall–Kier alpha value is -2.23. The lowest BCUT2D eigenvalue weighted by Crippen LogP contribution is -2.08. The fourth-order valence-corrected chi connectivity index (χ4v) is 2.97. The summed E-state index contributed by atoms with van der Waals surface area (Å²) >= 11 is 0. The minimum Gasteiger partial charge on any atom is -0.423 e. The molecule has 0 unspecified atom stereocenters. The molecule has 146 valence electrons. The van der Waals surface area contributed by atoms with Crippen LogP contribution in [-0.2, 0) is 11.2 Å². The molecule has 27 heavy (non-hydrogen) atoms. The van der Waals surface area contributed by atoms with Crippen LogP contribution in [0.25, 0.3) is 11.4 Å². The van der Waals surface area contributed by atoms with E-state index in [4.69, 9.17) is 4.74 Å². The van der Waals surface area contributed by atoms with Crippen molar-refractivity contribution in [1.82, 2.24) is 9.97 Å². The van der Waals surface area contributed by atoms with E-state index in [0.717, 1.165) is 31.2 Å². The maximum absolute atomic E-state index is 11.7. The Labute approximate surface area is 163 Å². The number of hydrogen-bond donors (Lipinski definition) is 0. The molecule has 0 aliphatic rings. The lowest BCUT2D eigenvalue weighted by Gasteiger charge is -2.06. The summed E-state index contributed by atoms with van der Waals surface area (Å²) in [6, 6.07) is 8.43. The standard InChI is InChI=1S/C23H32N2O2/c1-3-5-7-8-10-11-19-13-15-20(16-14-19)23-24-17-21(18-25-23)27-22(26)12-9-6-4-2/h13-18H,3-12H2,1-2H3. The van der Waals surface area contributed by atoms with Crippen LogP contribution in [0.15, 0.2) is 36.7 Å². The molecule has 0 N–H and O–H groups in total. The van der Waals surface area contributed by atoms with E-state index >= 15 is 0 Å². The highest BCUT2D eigenvalue weighted by atomic mass is 16.5. The third-order valence-electron chi connectivity index (χ3n) is 4.63. The van der Waals surface area contributed by atoms with E-state index in [1.54, 1.807) is 12.4 Å². The highest BCUT2D eigenvalue weighted by Gasteiger charge is 2.07. The smallest absolute Gasteiger partial charge is 0.311 e. The molecule has 0 radical (unpaired) electrons. The molecule has 4 nitrogen and oxygen atoms in total. The Morgan fingerprint density at radius 3 is 2.15 bits per heavy atom. The summed E-state index contributed by atoms with van der Waals surface area (Å²) < 4.78 is 5.28. The van der Waals surface area contributed by atoms with Gasteiger partial charge in [-0.3, -0.25) is 4.79 Å². The van der Waals surface area contributed by atoms with Gasteiger partial charge in [-0.15, -0.1) is 0 Å². The van der Waals surface area contributed by atoms with Gasteiger partial charge in [0, 0.05) is 12.0 Å². The molecule has 0 spiro atoms. The number of carbonyl (C=O) groups excluding carboxylic acids is 1. The number of rotatable bonds is 12. The van der Waals surface area contributed by atoms with Crippen molar-refractivity contribution in [2.45, 2.75) is 78.1 Å². The van der Waals surface area contributed by atoms with Crippen molar-refractivity contribution >= 4 is 5.97 Å². The predicted octanol–water partition coefficient (Wildman–Crippen LogP) is 6.14. The third kappa shape index (κ3) is 7.90. The van der Waals surface area contributed by atoms with Crippen LogP contribution in [0.1, 0.15) is 77.2 Å². The van der Waals surface area contributed by atoms with Crippen LogP contribution in [0, 0.1) is 0 Å². The molecule has 0 saturated heterocycles. The van der Waals surface area contributed by atoms with Crippen LogP contribution in [0.3, 0.4) is 0 Å². The number of carbonyl (C=O) groups is 1. The van der Waals surface area contributed by atoms with Crippen LogP contribution >= 0.6 is 0 Å². The van der Waals surface area contributed by atoms with Crippen LogP contribution in [0.2, 0.25) is 0 Å². The lowest BCUT2D eigenvalue weighted by molar-refractivity contribution is -0.134. The number of aromatic nitrogens is 2. The van der Waals surface area contributed by atoms with Gasteiger partial charge in [0.25, 0.3) is 0 Å². The van der Waals surface area contributed by atoms with Gasteiger partial charge in [0.1, 0.15) is 0 Å². The van der Waals surface area contributed by atoms with Crippen molar-refractivity contribution in [2.75, 3.05) is 0 Å². The first kappa shape index (κ1) is 21.1. The van der Waals surface area contributed by atoms with E-state index in [1.807, 2.05) is 0 Å². The number of esters is 1. The summed E-state index contributed by atoms with van der Waals surface area (Å²) in [6.07, 6.45) is 14.2. The summed E-state index contributed by atoms with van der Waals surface area (Å²) in [5.74, 6) is 0.835. The maximum atomic E-state index is 11.7. The highest BCUT2D eigenvalue weighted by molar-refractivity contribution is 5.72. The third-order valence-corrected chi connectivity index (χ3v) is 4.63. The summed E-state index contributed by atoms with van der Waals surface area (Å²) in [7, 11) is 0. The van der Waals surface area contributed by atoms with Gasteiger partial charge in [0.15, 0.2) is 11.6 Å². The van der Waals surface area contributed by atoms with Gasteiger partial charge in [0.05, 0.1) is 12.4 Å². The largest absolute Gasteiger partial charge is 0.423 e. The van der Waals surface area contributed by atoms with E-state index in [9.17, 15) is 4.79 Å². The topological polar surface area (TPSA) is 52.1 Å². The second kappa shape index (κ2) is 12.2. The predicted molar refractivity (Wildman–Crippen MR) is 110 cm³/mol. The number of ether oxygens (including phenoxy) is 1. The number of benzene rings is 1. The average molecular weight is 369 g/mol. The van der Waals surface area contributed by atoms with Crippen molar-refractivity contribution in [3.63, 3.8) is 0 Å². The van der Waals surface area contributed by atoms with Crippen LogP contribution in [-0.4, -0.2) is 15.9 Å². The van der Waals surface area contributed by atoms with Crippen LogP contribution < -0.4 is 4.74 Å². The first-order valence-electron chi connectivity index (χ1n) is 10.3. The molecule has 4 heteroatoms. The fraction of sp³-hybridized carbons (Fsp3) is 0.522. The molecule has 0 atom stereocenters. The molecule has 0 bridgehead atoms. The highest BCUT2D eigenvalue weighted by Crippen LogP contribution is 2.19. The van der Waals surface area contributed by atoms with E-state index in [2.05, 4.69) is 48.1 Å². The maximum Gasteiger partial charge on any atom is 0.311 e. The molecule has 1 aromatic heterocycles. The van der Waals surface area contributed by atoms with Gasteiger partial charge in [-0.2, -0.15) is 0 Å².